The Hall–Kier alpha value is -3.44. The van der Waals surface area contributed by atoms with E-state index in [4.69, 9.17) is 19.6 Å². The molecule has 0 fully saturated rings. The van der Waals surface area contributed by atoms with Crippen molar-refractivity contribution in [1.82, 2.24) is 15.0 Å². The van der Waals surface area contributed by atoms with Crippen LogP contribution in [0, 0.1) is 13.8 Å². The zero-order valence-corrected chi connectivity index (χ0v) is 20.4. The fourth-order valence-corrected chi connectivity index (χ4v) is 4.74. The van der Waals surface area contributed by atoms with Gasteiger partial charge in [-0.15, -0.1) is 23.1 Å². The van der Waals surface area contributed by atoms with E-state index in [2.05, 4.69) is 15.0 Å². The van der Waals surface area contributed by atoms with Crippen LogP contribution in [0.25, 0.3) is 11.1 Å². The number of nitrogens with zero attached hydrogens (tertiary/aromatic N) is 3. The third kappa shape index (κ3) is 5.20. The molecule has 0 atom stereocenters. The van der Waals surface area contributed by atoms with Crippen molar-refractivity contribution in [3.63, 3.8) is 0 Å². The topological polar surface area (TPSA) is 130 Å². The number of nitrogen functional groups attached to an aromatic ring is 1. The number of thioether (sulfide) groups is 1. The first-order valence-corrected chi connectivity index (χ1v) is 12.3. The van der Waals surface area contributed by atoms with Crippen molar-refractivity contribution in [2.24, 2.45) is 0 Å². The minimum atomic E-state index is -0.559. The molecule has 3 heterocycles. The van der Waals surface area contributed by atoms with Crippen LogP contribution in [0.4, 0.5) is 5.82 Å². The van der Waals surface area contributed by atoms with E-state index < -0.39 is 11.9 Å². The number of thiazole rings is 1. The van der Waals surface area contributed by atoms with Gasteiger partial charge in [0.05, 0.1) is 28.3 Å². The summed E-state index contributed by atoms with van der Waals surface area (Å²) in [6.45, 7) is 5.32. The van der Waals surface area contributed by atoms with E-state index in [1.165, 1.54) is 0 Å². The largest absolute Gasteiger partial charge is 0.462 e. The maximum Gasteiger partial charge on any atom is 0.342 e. The summed E-state index contributed by atoms with van der Waals surface area (Å²) in [5.41, 5.74) is 7.82. The Morgan fingerprint density at radius 1 is 1.09 bits per heavy atom. The van der Waals surface area contributed by atoms with Gasteiger partial charge >= 0.3 is 11.9 Å². The van der Waals surface area contributed by atoms with Gasteiger partial charge in [0.15, 0.2) is 12.4 Å². The maximum atomic E-state index is 12.5. The van der Waals surface area contributed by atoms with Gasteiger partial charge in [0.1, 0.15) is 17.1 Å². The average Bonchev–Trinajstić information content (AvgIpc) is 3.38. The van der Waals surface area contributed by atoms with Crippen molar-refractivity contribution in [2.45, 2.75) is 38.0 Å². The molecular formula is C23H22N4O5S2. The van der Waals surface area contributed by atoms with Crippen LogP contribution in [0.15, 0.2) is 39.0 Å². The number of aromatic nitrogens is 3. The van der Waals surface area contributed by atoms with Gasteiger partial charge in [0, 0.05) is 16.0 Å². The second kappa shape index (κ2) is 10.2. The monoisotopic (exact) mass is 498 g/mol. The number of carbonyl (C=O) groups excluding carboxylic acids is 2. The van der Waals surface area contributed by atoms with Crippen LogP contribution >= 0.6 is 23.1 Å². The van der Waals surface area contributed by atoms with Gasteiger partial charge in [-0.25, -0.2) is 19.6 Å². The summed E-state index contributed by atoms with van der Waals surface area (Å²) in [7, 11) is 0. The molecule has 0 bridgehead atoms. The van der Waals surface area contributed by atoms with Gasteiger partial charge in [-0.2, -0.15) is 4.98 Å². The second-order valence-electron chi connectivity index (χ2n) is 7.21. The van der Waals surface area contributed by atoms with Gasteiger partial charge in [-0.3, -0.25) is 0 Å². The first-order valence-electron chi connectivity index (χ1n) is 10.4. The summed E-state index contributed by atoms with van der Waals surface area (Å²) in [6, 6.07) is 7.14. The number of nitrogens with two attached hydrogens (primary N) is 1. The van der Waals surface area contributed by atoms with E-state index in [0.717, 1.165) is 21.3 Å². The molecule has 4 rings (SSSR count). The zero-order valence-electron chi connectivity index (χ0n) is 18.8. The van der Waals surface area contributed by atoms with Crippen molar-refractivity contribution < 1.29 is 23.5 Å². The summed E-state index contributed by atoms with van der Waals surface area (Å²) in [4.78, 5) is 38.6. The van der Waals surface area contributed by atoms with E-state index in [0.29, 0.717) is 11.3 Å². The van der Waals surface area contributed by atoms with E-state index >= 15 is 0 Å². The Bertz CT molecular complexity index is 1350. The maximum absolute atomic E-state index is 12.5. The van der Waals surface area contributed by atoms with Gasteiger partial charge in [0.2, 0.25) is 5.71 Å². The van der Waals surface area contributed by atoms with Crippen molar-refractivity contribution in [2.75, 3.05) is 12.3 Å². The van der Waals surface area contributed by atoms with Crippen LogP contribution in [0.1, 0.15) is 49.9 Å². The molecule has 0 aliphatic carbocycles. The third-order valence-corrected chi connectivity index (χ3v) is 6.63. The molecule has 4 aromatic rings. The van der Waals surface area contributed by atoms with E-state index in [1.54, 1.807) is 49.1 Å². The number of furan rings is 1. The first-order chi connectivity index (χ1) is 16.4. The average molecular weight is 499 g/mol. The lowest BCUT2D eigenvalue weighted by atomic mass is 10.2. The fourth-order valence-electron chi connectivity index (χ4n) is 3.23. The summed E-state index contributed by atoms with van der Waals surface area (Å²) >= 11 is 3.27. The van der Waals surface area contributed by atoms with Crippen LogP contribution < -0.4 is 5.73 Å². The molecule has 2 N–H and O–H groups in total. The summed E-state index contributed by atoms with van der Waals surface area (Å²) in [5.74, 6) is 0.222. The normalized spacial score (nSPS) is 11.0. The minimum Gasteiger partial charge on any atom is -0.462 e. The molecule has 0 saturated carbocycles. The molecule has 176 valence electrons. The molecule has 9 nitrogen and oxygen atoms in total. The van der Waals surface area contributed by atoms with Crippen LogP contribution in [0.2, 0.25) is 0 Å². The molecule has 3 aromatic heterocycles. The highest BCUT2D eigenvalue weighted by Gasteiger charge is 2.24. The molecule has 0 aliphatic rings. The molecular weight excluding hydrogens is 476 g/mol. The summed E-state index contributed by atoms with van der Waals surface area (Å²) in [5, 5.41) is 3.37. The lowest BCUT2D eigenvalue weighted by molar-refractivity contribution is 0.0461. The van der Waals surface area contributed by atoms with Crippen molar-refractivity contribution in [1.29, 1.82) is 0 Å². The number of esters is 2. The van der Waals surface area contributed by atoms with Crippen molar-refractivity contribution in [3.05, 3.63) is 63.1 Å². The number of hydrogen-bond donors (Lipinski definition) is 1. The Morgan fingerprint density at radius 2 is 1.85 bits per heavy atom. The third-order valence-electron chi connectivity index (χ3n) is 4.76. The number of ether oxygens (including phenoxy) is 2. The van der Waals surface area contributed by atoms with Gasteiger partial charge in [-0.05, 0) is 45.0 Å². The Morgan fingerprint density at radius 3 is 2.53 bits per heavy atom. The van der Waals surface area contributed by atoms with Crippen LogP contribution in [0.5, 0.6) is 0 Å². The van der Waals surface area contributed by atoms with Crippen LogP contribution in [-0.2, 0) is 21.8 Å². The smallest absolute Gasteiger partial charge is 0.342 e. The molecule has 34 heavy (non-hydrogen) atoms. The SMILES string of the molecule is CCOC(=O)c1c(C)oc2nc(COC(=O)c3ccc(SCc4csc(C)n4)cc3)nc(N)c12. The number of carbonyl (C=O) groups is 2. The quantitative estimate of drug-likeness (QED) is 0.269. The van der Waals surface area contributed by atoms with E-state index in [9.17, 15) is 9.59 Å². The molecule has 0 aliphatic heterocycles. The van der Waals surface area contributed by atoms with Gasteiger partial charge in [0.25, 0.3) is 0 Å². The Balaban J connectivity index is 1.40. The number of hydrogen-bond acceptors (Lipinski definition) is 11. The zero-order chi connectivity index (χ0) is 24.2. The predicted octanol–water partition coefficient (Wildman–Crippen LogP) is 4.70. The van der Waals surface area contributed by atoms with Gasteiger partial charge in [-0.1, -0.05) is 0 Å². The van der Waals surface area contributed by atoms with E-state index in [-0.39, 0.29) is 41.5 Å². The number of rotatable bonds is 8. The van der Waals surface area contributed by atoms with Crippen molar-refractivity contribution >= 4 is 52.0 Å². The van der Waals surface area contributed by atoms with Gasteiger partial charge < -0.3 is 19.6 Å². The molecule has 0 saturated heterocycles. The Kier molecular flexibility index (Phi) is 7.13. The highest BCUT2D eigenvalue weighted by atomic mass is 32.2. The molecule has 1 aromatic carbocycles. The second-order valence-corrected chi connectivity index (χ2v) is 9.32. The number of aryl methyl sites for hydroxylation is 2. The molecule has 0 amide bonds. The van der Waals surface area contributed by atoms with Crippen LogP contribution in [-0.4, -0.2) is 33.5 Å². The number of benzene rings is 1. The standard InChI is InChI=1S/C23H22N4O5S2/c1-4-30-23(29)18-12(2)32-21-19(18)20(24)26-17(27-21)9-31-22(28)14-5-7-16(8-6-14)34-11-15-10-33-13(3)25-15/h5-8,10H,4,9,11H2,1-3H3,(H2,24,26,27). The number of fused-ring (bicyclic) bond motifs is 1. The highest BCUT2D eigenvalue weighted by Crippen LogP contribution is 2.29. The lowest BCUT2D eigenvalue weighted by Crippen LogP contribution is -2.10. The molecule has 0 spiro atoms. The summed E-state index contributed by atoms with van der Waals surface area (Å²) < 4.78 is 16.0. The summed E-state index contributed by atoms with van der Waals surface area (Å²) in [6.07, 6.45) is 0. The van der Waals surface area contributed by atoms with E-state index in [1.807, 2.05) is 24.4 Å². The minimum absolute atomic E-state index is 0.0487. The Labute approximate surface area is 203 Å². The van der Waals surface area contributed by atoms with Crippen LogP contribution in [0.3, 0.4) is 0 Å². The molecule has 0 unspecified atom stereocenters. The first kappa shape index (κ1) is 23.7. The molecule has 11 heteroatoms. The fraction of sp³-hybridized carbons (Fsp3) is 0.261. The predicted molar refractivity (Wildman–Crippen MR) is 129 cm³/mol. The van der Waals surface area contributed by atoms with Crippen molar-refractivity contribution in [3.8, 4) is 0 Å². The lowest BCUT2D eigenvalue weighted by Gasteiger charge is -2.06. The highest BCUT2D eigenvalue weighted by molar-refractivity contribution is 7.98. The number of anilines is 1. The molecule has 0 radical (unpaired) electrons.